The third-order valence-electron chi connectivity index (χ3n) is 4.13. The third-order valence-corrected chi connectivity index (χ3v) is 4.13. The smallest absolute Gasteiger partial charge is 0.225 e. The summed E-state index contributed by atoms with van der Waals surface area (Å²) < 4.78 is 0. The fourth-order valence-electron chi connectivity index (χ4n) is 2.86. The van der Waals surface area contributed by atoms with Crippen LogP contribution in [0.1, 0.15) is 31.0 Å². The minimum absolute atomic E-state index is 0.186. The maximum atomic E-state index is 4.33. The molecule has 0 atom stereocenters. The van der Waals surface area contributed by atoms with E-state index < -0.39 is 0 Å². The molecule has 0 unspecified atom stereocenters. The average Bonchev–Trinajstić information content (AvgIpc) is 2.88. The number of nitrogens with one attached hydrogen (secondary N) is 1. The Labute approximate surface area is 113 Å². The Balaban J connectivity index is 1.75. The normalized spacial score (nSPS) is 18.5. The molecule has 2 aromatic rings. The van der Waals surface area contributed by atoms with E-state index in [0.717, 1.165) is 31.9 Å². The highest BCUT2D eigenvalue weighted by molar-refractivity contribution is 5.33. The van der Waals surface area contributed by atoms with E-state index >= 15 is 0 Å². The number of piperidine rings is 1. The molecule has 0 aliphatic carbocycles. The monoisotopic (exact) mass is 257 g/mol. The van der Waals surface area contributed by atoms with Gasteiger partial charge in [-0.15, -0.1) is 0 Å². The number of aromatic amines is 1. The molecule has 3 heterocycles. The molecule has 2 aromatic heterocycles. The first kappa shape index (κ1) is 12.1. The highest BCUT2D eigenvalue weighted by Gasteiger charge is 2.34. The second-order valence-electron chi connectivity index (χ2n) is 5.52. The maximum absolute atomic E-state index is 4.33. The Bertz CT molecular complexity index is 540. The van der Waals surface area contributed by atoms with Crippen LogP contribution < -0.4 is 4.90 Å². The summed E-state index contributed by atoms with van der Waals surface area (Å²) in [6.45, 7) is 6.41. The summed E-state index contributed by atoms with van der Waals surface area (Å²) in [5.74, 6) is 0.839. The number of aryl methyl sites for hydroxylation is 1. The molecule has 0 bridgehead atoms. The van der Waals surface area contributed by atoms with Crippen molar-refractivity contribution < 1.29 is 0 Å². The molecular weight excluding hydrogens is 238 g/mol. The molecule has 5 heteroatoms. The minimum atomic E-state index is 0.186. The van der Waals surface area contributed by atoms with Crippen molar-refractivity contribution in [3.8, 4) is 0 Å². The molecule has 0 aromatic carbocycles. The lowest BCUT2D eigenvalue weighted by atomic mass is 9.76. The Hall–Kier alpha value is -1.91. The van der Waals surface area contributed by atoms with Crippen molar-refractivity contribution in [3.05, 3.63) is 35.9 Å². The highest BCUT2D eigenvalue weighted by Crippen LogP contribution is 2.35. The van der Waals surface area contributed by atoms with E-state index in [1.165, 1.54) is 11.3 Å². The van der Waals surface area contributed by atoms with E-state index in [9.17, 15) is 0 Å². The third kappa shape index (κ3) is 2.20. The SMILES string of the molecule is Cc1cn[nH]c1C1(C)CCN(c2ncccn2)CC1. The van der Waals surface area contributed by atoms with Crippen LogP contribution in [0.15, 0.2) is 24.7 Å². The second kappa shape index (κ2) is 4.64. The van der Waals surface area contributed by atoms with Crippen molar-refractivity contribution >= 4 is 5.95 Å². The van der Waals surface area contributed by atoms with E-state index in [-0.39, 0.29) is 5.41 Å². The average molecular weight is 257 g/mol. The lowest BCUT2D eigenvalue weighted by Gasteiger charge is -2.39. The van der Waals surface area contributed by atoms with Crippen LogP contribution in [-0.2, 0) is 5.41 Å². The summed E-state index contributed by atoms with van der Waals surface area (Å²) in [4.78, 5) is 10.9. The first-order valence-corrected chi connectivity index (χ1v) is 6.71. The zero-order chi connectivity index (χ0) is 13.3. The number of aromatic nitrogens is 4. The largest absolute Gasteiger partial charge is 0.341 e. The first-order valence-electron chi connectivity index (χ1n) is 6.71. The Morgan fingerprint density at radius 1 is 1.21 bits per heavy atom. The molecule has 1 aliphatic heterocycles. The summed E-state index contributed by atoms with van der Waals surface area (Å²) in [7, 11) is 0. The van der Waals surface area contributed by atoms with Gasteiger partial charge in [0.1, 0.15) is 0 Å². The van der Waals surface area contributed by atoms with Crippen LogP contribution in [0.25, 0.3) is 0 Å². The second-order valence-corrected chi connectivity index (χ2v) is 5.52. The van der Waals surface area contributed by atoms with Gasteiger partial charge in [-0.3, -0.25) is 5.10 Å². The summed E-state index contributed by atoms with van der Waals surface area (Å²) in [6.07, 6.45) is 7.69. The van der Waals surface area contributed by atoms with Gasteiger partial charge < -0.3 is 4.90 Å². The first-order chi connectivity index (χ1) is 9.19. The van der Waals surface area contributed by atoms with E-state index in [1.807, 2.05) is 12.3 Å². The van der Waals surface area contributed by atoms with Crippen molar-refractivity contribution in [3.63, 3.8) is 0 Å². The number of H-pyrrole nitrogens is 1. The van der Waals surface area contributed by atoms with Gasteiger partial charge in [0, 0.05) is 36.6 Å². The molecule has 1 saturated heterocycles. The van der Waals surface area contributed by atoms with Crippen LogP contribution in [0.2, 0.25) is 0 Å². The van der Waals surface area contributed by atoms with E-state index in [1.54, 1.807) is 12.4 Å². The zero-order valence-corrected chi connectivity index (χ0v) is 11.4. The van der Waals surface area contributed by atoms with Gasteiger partial charge in [0.2, 0.25) is 5.95 Å². The van der Waals surface area contributed by atoms with Crippen LogP contribution in [0, 0.1) is 6.92 Å². The van der Waals surface area contributed by atoms with Crippen LogP contribution in [0.5, 0.6) is 0 Å². The number of hydrogen-bond acceptors (Lipinski definition) is 4. The van der Waals surface area contributed by atoms with Gasteiger partial charge in [0.05, 0.1) is 6.20 Å². The number of nitrogens with zero attached hydrogens (tertiary/aromatic N) is 4. The van der Waals surface area contributed by atoms with Gasteiger partial charge in [0.15, 0.2) is 0 Å². The molecule has 1 fully saturated rings. The molecule has 1 N–H and O–H groups in total. The summed E-state index contributed by atoms with van der Waals surface area (Å²) in [5.41, 5.74) is 2.72. The van der Waals surface area contributed by atoms with Gasteiger partial charge in [0.25, 0.3) is 0 Å². The van der Waals surface area contributed by atoms with Gasteiger partial charge in [-0.2, -0.15) is 5.10 Å². The quantitative estimate of drug-likeness (QED) is 0.894. The molecule has 0 saturated carbocycles. The van der Waals surface area contributed by atoms with Crippen LogP contribution in [0.4, 0.5) is 5.95 Å². The van der Waals surface area contributed by atoms with E-state index in [0.29, 0.717) is 0 Å². The summed E-state index contributed by atoms with van der Waals surface area (Å²) in [6, 6.07) is 1.85. The molecule has 0 amide bonds. The van der Waals surface area contributed by atoms with Crippen LogP contribution >= 0.6 is 0 Å². The molecule has 3 rings (SSSR count). The standard InChI is InChI=1S/C14H19N5/c1-11-10-17-18-12(11)14(2)4-8-19(9-5-14)13-15-6-3-7-16-13/h3,6-7,10H,4-5,8-9H2,1-2H3,(H,17,18). The van der Waals surface area contributed by atoms with Crippen LogP contribution in [0.3, 0.4) is 0 Å². The molecule has 100 valence electrons. The minimum Gasteiger partial charge on any atom is -0.341 e. The maximum Gasteiger partial charge on any atom is 0.225 e. The Kier molecular flexibility index (Phi) is 2.97. The van der Waals surface area contributed by atoms with Crippen molar-refractivity contribution in [2.45, 2.75) is 32.1 Å². The van der Waals surface area contributed by atoms with Gasteiger partial charge >= 0.3 is 0 Å². The van der Waals surface area contributed by atoms with E-state index in [4.69, 9.17) is 0 Å². The zero-order valence-electron chi connectivity index (χ0n) is 11.4. The molecule has 0 spiro atoms. The van der Waals surface area contributed by atoms with Crippen molar-refractivity contribution in [2.24, 2.45) is 0 Å². The number of hydrogen-bond donors (Lipinski definition) is 1. The lowest BCUT2D eigenvalue weighted by Crippen LogP contribution is -2.42. The van der Waals surface area contributed by atoms with Crippen molar-refractivity contribution in [1.29, 1.82) is 0 Å². The topological polar surface area (TPSA) is 57.7 Å². The molecule has 0 radical (unpaired) electrons. The summed E-state index contributed by atoms with van der Waals surface area (Å²) >= 11 is 0. The Morgan fingerprint density at radius 2 is 1.89 bits per heavy atom. The van der Waals surface area contributed by atoms with Crippen LogP contribution in [-0.4, -0.2) is 33.3 Å². The van der Waals surface area contributed by atoms with Crippen molar-refractivity contribution in [1.82, 2.24) is 20.2 Å². The Morgan fingerprint density at radius 3 is 2.47 bits per heavy atom. The number of anilines is 1. The predicted molar refractivity (Wildman–Crippen MR) is 74.2 cm³/mol. The lowest BCUT2D eigenvalue weighted by molar-refractivity contribution is 0.349. The fourth-order valence-corrected chi connectivity index (χ4v) is 2.86. The molecule has 5 nitrogen and oxygen atoms in total. The van der Waals surface area contributed by atoms with Crippen molar-refractivity contribution in [2.75, 3.05) is 18.0 Å². The van der Waals surface area contributed by atoms with Gasteiger partial charge in [-0.1, -0.05) is 6.92 Å². The molecular formula is C14H19N5. The molecule has 19 heavy (non-hydrogen) atoms. The van der Waals surface area contributed by atoms with Gasteiger partial charge in [-0.05, 0) is 31.4 Å². The highest BCUT2D eigenvalue weighted by atomic mass is 15.3. The number of rotatable bonds is 2. The van der Waals surface area contributed by atoms with Gasteiger partial charge in [-0.25, -0.2) is 9.97 Å². The predicted octanol–water partition coefficient (Wildman–Crippen LogP) is 2.07. The summed E-state index contributed by atoms with van der Waals surface area (Å²) in [5, 5.41) is 7.33. The molecule has 1 aliphatic rings. The fraction of sp³-hybridized carbons (Fsp3) is 0.500. The van der Waals surface area contributed by atoms with E-state index in [2.05, 4.69) is 38.9 Å².